The number of aliphatic imine (C=N–C) groups is 1. The van der Waals surface area contributed by atoms with Crippen LogP contribution in [0.1, 0.15) is 26.3 Å². The van der Waals surface area contributed by atoms with E-state index in [1.807, 2.05) is 12.3 Å². The van der Waals surface area contributed by atoms with Crippen LogP contribution in [-0.4, -0.2) is 50.3 Å². The van der Waals surface area contributed by atoms with Gasteiger partial charge in [-0.15, -0.1) is 24.0 Å². The fourth-order valence-corrected chi connectivity index (χ4v) is 2.38. The first-order valence-corrected chi connectivity index (χ1v) is 8.35. The molecule has 1 saturated heterocycles. The van der Waals surface area contributed by atoms with E-state index in [1.165, 1.54) is 5.56 Å². The molecular formula is C17H30IN5O. The van der Waals surface area contributed by atoms with E-state index in [2.05, 4.69) is 52.3 Å². The van der Waals surface area contributed by atoms with Gasteiger partial charge < -0.3 is 20.3 Å². The highest BCUT2D eigenvalue weighted by Crippen LogP contribution is 2.18. The third-order valence-electron chi connectivity index (χ3n) is 4.21. The van der Waals surface area contributed by atoms with Gasteiger partial charge in [-0.1, -0.05) is 19.9 Å². The number of nitrogens with zero attached hydrogens (tertiary/aromatic N) is 3. The summed E-state index contributed by atoms with van der Waals surface area (Å²) in [5.41, 5.74) is 1.18. The number of morpholine rings is 1. The van der Waals surface area contributed by atoms with Gasteiger partial charge in [-0.05, 0) is 18.9 Å². The lowest BCUT2D eigenvalue weighted by Crippen LogP contribution is -2.44. The topological polar surface area (TPSA) is 61.8 Å². The summed E-state index contributed by atoms with van der Waals surface area (Å²) in [4.78, 5) is 11.2. The minimum atomic E-state index is 0. The van der Waals surface area contributed by atoms with Crippen LogP contribution in [0.3, 0.4) is 0 Å². The van der Waals surface area contributed by atoms with Crippen LogP contribution in [0, 0.1) is 5.92 Å². The Labute approximate surface area is 162 Å². The highest BCUT2D eigenvalue weighted by Gasteiger charge is 2.16. The molecule has 0 aliphatic carbocycles. The molecule has 1 aliphatic rings. The largest absolute Gasteiger partial charge is 0.378 e. The summed E-state index contributed by atoms with van der Waals surface area (Å²) in [7, 11) is 1.80. The van der Waals surface area contributed by atoms with Crippen LogP contribution in [0.2, 0.25) is 0 Å². The molecule has 1 fully saturated rings. The van der Waals surface area contributed by atoms with Crippen LogP contribution in [-0.2, 0) is 11.3 Å². The second kappa shape index (κ2) is 10.7. The van der Waals surface area contributed by atoms with Gasteiger partial charge in [0.25, 0.3) is 0 Å². The molecule has 0 spiro atoms. The van der Waals surface area contributed by atoms with Gasteiger partial charge >= 0.3 is 0 Å². The number of anilines is 1. The highest BCUT2D eigenvalue weighted by molar-refractivity contribution is 14.0. The van der Waals surface area contributed by atoms with E-state index in [9.17, 15) is 0 Å². The molecule has 2 rings (SSSR count). The molecule has 0 radical (unpaired) electrons. The van der Waals surface area contributed by atoms with E-state index >= 15 is 0 Å². The van der Waals surface area contributed by atoms with Crippen molar-refractivity contribution in [2.75, 3.05) is 38.3 Å². The Morgan fingerprint density at radius 1 is 1.33 bits per heavy atom. The SMILES string of the molecule is CN=C(NCc1cccnc1N1CCOCC1)NC(C)C(C)C.I. The molecule has 136 valence electrons. The fourth-order valence-electron chi connectivity index (χ4n) is 2.38. The first kappa shape index (κ1) is 21.0. The van der Waals surface area contributed by atoms with Gasteiger partial charge in [-0.3, -0.25) is 4.99 Å². The third-order valence-corrected chi connectivity index (χ3v) is 4.21. The van der Waals surface area contributed by atoms with E-state index < -0.39 is 0 Å². The Morgan fingerprint density at radius 2 is 2.04 bits per heavy atom. The zero-order valence-electron chi connectivity index (χ0n) is 15.1. The van der Waals surface area contributed by atoms with E-state index in [0.29, 0.717) is 18.5 Å². The molecule has 1 aromatic rings. The Balaban J connectivity index is 0.00000288. The first-order chi connectivity index (χ1) is 11.1. The van der Waals surface area contributed by atoms with Crippen molar-refractivity contribution in [1.82, 2.24) is 15.6 Å². The number of guanidine groups is 1. The van der Waals surface area contributed by atoms with Crippen molar-refractivity contribution in [3.05, 3.63) is 23.9 Å². The molecule has 7 heteroatoms. The van der Waals surface area contributed by atoms with Crippen molar-refractivity contribution in [2.45, 2.75) is 33.4 Å². The second-order valence-corrected chi connectivity index (χ2v) is 6.19. The second-order valence-electron chi connectivity index (χ2n) is 6.19. The number of hydrogen-bond donors (Lipinski definition) is 2. The van der Waals surface area contributed by atoms with Crippen molar-refractivity contribution in [2.24, 2.45) is 10.9 Å². The minimum Gasteiger partial charge on any atom is -0.378 e. The van der Waals surface area contributed by atoms with Gasteiger partial charge in [0.15, 0.2) is 5.96 Å². The summed E-state index contributed by atoms with van der Waals surface area (Å²) < 4.78 is 5.43. The molecule has 0 amide bonds. The summed E-state index contributed by atoms with van der Waals surface area (Å²) in [6, 6.07) is 4.46. The summed E-state index contributed by atoms with van der Waals surface area (Å²) in [5, 5.41) is 6.81. The molecule has 1 atom stereocenters. The lowest BCUT2D eigenvalue weighted by atomic mass is 10.1. The maximum absolute atomic E-state index is 5.43. The van der Waals surface area contributed by atoms with Crippen LogP contribution in [0.4, 0.5) is 5.82 Å². The van der Waals surface area contributed by atoms with E-state index in [4.69, 9.17) is 4.74 Å². The average Bonchev–Trinajstić information content (AvgIpc) is 2.59. The molecule has 1 unspecified atom stereocenters. The molecule has 24 heavy (non-hydrogen) atoms. The molecule has 0 bridgehead atoms. The summed E-state index contributed by atoms with van der Waals surface area (Å²) >= 11 is 0. The molecule has 1 aromatic heterocycles. The summed E-state index contributed by atoms with van der Waals surface area (Å²) in [5.74, 6) is 2.41. The third kappa shape index (κ3) is 6.08. The maximum atomic E-state index is 5.43. The lowest BCUT2D eigenvalue weighted by Gasteiger charge is -2.29. The van der Waals surface area contributed by atoms with Gasteiger partial charge in [0.2, 0.25) is 0 Å². The smallest absolute Gasteiger partial charge is 0.191 e. The zero-order valence-corrected chi connectivity index (χ0v) is 17.4. The predicted molar refractivity (Wildman–Crippen MR) is 110 cm³/mol. The van der Waals surface area contributed by atoms with E-state index in [0.717, 1.165) is 38.1 Å². The average molecular weight is 447 g/mol. The first-order valence-electron chi connectivity index (χ1n) is 8.35. The Bertz CT molecular complexity index is 517. The number of hydrogen-bond acceptors (Lipinski definition) is 4. The number of nitrogens with one attached hydrogen (secondary N) is 2. The monoisotopic (exact) mass is 447 g/mol. The Hall–Kier alpha value is -1.09. The zero-order chi connectivity index (χ0) is 16.7. The quantitative estimate of drug-likeness (QED) is 0.412. The van der Waals surface area contributed by atoms with Crippen LogP contribution in [0.5, 0.6) is 0 Å². The van der Waals surface area contributed by atoms with Gasteiger partial charge in [-0.25, -0.2) is 4.98 Å². The van der Waals surface area contributed by atoms with E-state index in [1.54, 1.807) is 7.05 Å². The Kier molecular flexibility index (Phi) is 9.35. The highest BCUT2D eigenvalue weighted by atomic mass is 127. The van der Waals surface area contributed by atoms with Crippen molar-refractivity contribution >= 4 is 35.8 Å². The molecule has 2 N–H and O–H groups in total. The molecule has 1 aliphatic heterocycles. The number of pyridine rings is 1. The minimum absolute atomic E-state index is 0. The van der Waals surface area contributed by atoms with Gasteiger partial charge in [0.1, 0.15) is 5.82 Å². The van der Waals surface area contributed by atoms with Crippen LogP contribution in [0.25, 0.3) is 0 Å². The number of ether oxygens (including phenoxy) is 1. The molecule has 0 saturated carbocycles. The van der Waals surface area contributed by atoms with Crippen molar-refractivity contribution in [1.29, 1.82) is 0 Å². The Morgan fingerprint density at radius 3 is 2.67 bits per heavy atom. The van der Waals surface area contributed by atoms with Gasteiger partial charge in [0, 0.05) is 44.5 Å². The summed E-state index contributed by atoms with van der Waals surface area (Å²) in [6.07, 6.45) is 1.85. The van der Waals surface area contributed by atoms with Crippen molar-refractivity contribution in [3.63, 3.8) is 0 Å². The van der Waals surface area contributed by atoms with Crippen molar-refractivity contribution < 1.29 is 4.74 Å². The number of halogens is 1. The molecule has 0 aromatic carbocycles. The normalized spacial score (nSPS) is 16.5. The van der Waals surface area contributed by atoms with Gasteiger partial charge in [-0.2, -0.15) is 0 Å². The maximum Gasteiger partial charge on any atom is 0.191 e. The molecule has 6 nitrogen and oxygen atoms in total. The number of rotatable bonds is 5. The summed E-state index contributed by atoms with van der Waals surface area (Å²) in [6.45, 7) is 10.6. The van der Waals surface area contributed by atoms with Crippen molar-refractivity contribution in [3.8, 4) is 0 Å². The van der Waals surface area contributed by atoms with Crippen LogP contribution >= 0.6 is 24.0 Å². The standard InChI is InChI=1S/C17H29N5O.HI/c1-13(2)14(3)21-17(18-4)20-12-15-6-5-7-19-16(15)22-8-10-23-11-9-22;/h5-7,13-14H,8-12H2,1-4H3,(H2,18,20,21);1H. The predicted octanol–water partition coefficient (Wildman–Crippen LogP) is 2.25. The molecule has 2 heterocycles. The number of aromatic nitrogens is 1. The van der Waals surface area contributed by atoms with E-state index in [-0.39, 0.29) is 24.0 Å². The van der Waals surface area contributed by atoms with Crippen LogP contribution in [0.15, 0.2) is 23.3 Å². The van der Waals surface area contributed by atoms with Gasteiger partial charge in [0.05, 0.1) is 13.2 Å². The fraction of sp³-hybridized carbons (Fsp3) is 0.647. The van der Waals surface area contributed by atoms with Crippen LogP contribution < -0.4 is 15.5 Å². The molecular weight excluding hydrogens is 417 g/mol. The lowest BCUT2D eigenvalue weighted by molar-refractivity contribution is 0.122.